The Morgan fingerprint density at radius 2 is 2.00 bits per heavy atom. The van der Waals surface area contributed by atoms with E-state index in [0.29, 0.717) is 17.7 Å². The number of amides is 1. The third-order valence-corrected chi connectivity index (χ3v) is 6.95. The Kier molecular flexibility index (Phi) is 4.17. The van der Waals surface area contributed by atoms with Crippen LogP contribution in [0.5, 0.6) is 0 Å². The van der Waals surface area contributed by atoms with Gasteiger partial charge in [0.05, 0.1) is 12.0 Å². The second-order valence-electron chi connectivity index (χ2n) is 9.38. The van der Waals surface area contributed by atoms with Crippen molar-refractivity contribution in [2.24, 2.45) is 30.2 Å². The minimum atomic E-state index is -1.11. The van der Waals surface area contributed by atoms with Gasteiger partial charge in [-0.2, -0.15) is 4.98 Å². The zero-order chi connectivity index (χ0) is 19.3. The van der Waals surface area contributed by atoms with Crippen LogP contribution < -0.4 is 5.32 Å². The molecule has 8 heteroatoms. The van der Waals surface area contributed by atoms with Gasteiger partial charge in [-0.05, 0) is 61.7 Å². The quantitative estimate of drug-likeness (QED) is 0.791. The number of nitrogens with zero attached hydrogens (tertiary/aromatic N) is 4. The van der Waals surface area contributed by atoms with Crippen LogP contribution in [0.3, 0.4) is 0 Å². The highest BCUT2D eigenvalue weighted by Gasteiger charge is 2.51. The van der Waals surface area contributed by atoms with Gasteiger partial charge in [-0.25, -0.2) is 9.78 Å². The van der Waals surface area contributed by atoms with Crippen molar-refractivity contribution in [2.75, 3.05) is 0 Å². The van der Waals surface area contributed by atoms with Gasteiger partial charge in [0.15, 0.2) is 5.82 Å². The van der Waals surface area contributed by atoms with Gasteiger partial charge in [0.25, 0.3) is 0 Å². The molecule has 4 bridgehead atoms. The van der Waals surface area contributed by atoms with E-state index in [2.05, 4.69) is 20.4 Å². The van der Waals surface area contributed by atoms with Crippen molar-refractivity contribution in [1.29, 1.82) is 0 Å². The van der Waals surface area contributed by atoms with E-state index in [1.54, 1.807) is 6.33 Å². The summed E-state index contributed by atoms with van der Waals surface area (Å²) in [4.78, 5) is 20.1. The number of hydrogen-bond donors (Lipinski definition) is 2. The molecule has 4 aliphatic carbocycles. The first-order valence-corrected chi connectivity index (χ1v) is 10.3. The van der Waals surface area contributed by atoms with Crippen molar-refractivity contribution >= 4 is 6.09 Å². The van der Waals surface area contributed by atoms with Crippen LogP contribution in [-0.4, -0.2) is 30.9 Å². The Hall–Kier alpha value is -2.38. The number of rotatable bonds is 6. The Balaban J connectivity index is 1.33. The third-order valence-electron chi connectivity index (χ3n) is 6.95. The summed E-state index contributed by atoms with van der Waals surface area (Å²) < 4.78 is 7.33. The highest BCUT2D eigenvalue weighted by molar-refractivity contribution is 5.65. The molecule has 0 spiro atoms. The topological polar surface area (TPSA) is 106 Å². The molecule has 4 saturated carbocycles. The largest absolute Gasteiger partial charge is 0.465 e. The summed E-state index contributed by atoms with van der Waals surface area (Å²) in [6, 6.07) is -0.593. The number of aryl methyl sites for hydroxylation is 1. The van der Waals surface area contributed by atoms with Crippen molar-refractivity contribution in [3.8, 4) is 0 Å². The molecule has 0 aliphatic heterocycles. The van der Waals surface area contributed by atoms with Gasteiger partial charge in [-0.15, -0.1) is 0 Å². The van der Waals surface area contributed by atoms with Gasteiger partial charge < -0.3 is 19.5 Å². The molecule has 2 N–H and O–H groups in total. The maximum absolute atomic E-state index is 11.3. The number of aromatic nitrogens is 4. The highest BCUT2D eigenvalue weighted by Crippen LogP contribution is 2.60. The molecular formula is C20H27N5O3. The normalized spacial score (nSPS) is 31.8. The van der Waals surface area contributed by atoms with E-state index >= 15 is 0 Å². The molecule has 2 aromatic rings. The molecule has 6 rings (SSSR count). The number of imidazole rings is 1. The molecule has 2 heterocycles. The van der Waals surface area contributed by atoms with Crippen LogP contribution >= 0.6 is 0 Å². The molecule has 4 aliphatic rings. The van der Waals surface area contributed by atoms with Crippen molar-refractivity contribution in [1.82, 2.24) is 25.0 Å². The first-order chi connectivity index (χ1) is 13.5. The van der Waals surface area contributed by atoms with E-state index in [1.807, 2.05) is 17.8 Å². The predicted octanol–water partition coefficient (Wildman–Crippen LogP) is 3.11. The Labute approximate surface area is 163 Å². The molecule has 2 aromatic heterocycles. The monoisotopic (exact) mass is 385 g/mol. The molecule has 0 aromatic carbocycles. The van der Waals surface area contributed by atoms with E-state index in [9.17, 15) is 9.90 Å². The van der Waals surface area contributed by atoms with Crippen LogP contribution in [0.15, 0.2) is 17.0 Å². The van der Waals surface area contributed by atoms with Gasteiger partial charge in [-0.1, -0.05) is 5.16 Å². The lowest BCUT2D eigenvalue weighted by Crippen LogP contribution is -2.47. The van der Waals surface area contributed by atoms with Crippen LogP contribution in [0, 0.1) is 23.2 Å². The van der Waals surface area contributed by atoms with Gasteiger partial charge in [0.1, 0.15) is 6.04 Å². The van der Waals surface area contributed by atoms with E-state index in [4.69, 9.17) is 4.52 Å². The number of nitrogens with one attached hydrogen (secondary N) is 1. The van der Waals surface area contributed by atoms with Crippen LogP contribution in [0.25, 0.3) is 0 Å². The maximum atomic E-state index is 11.3. The lowest BCUT2D eigenvalue weighted by atomic mass is 9.49. The smallest absolute Gasteiger partial charge is 0.405 e. The van der Waals surface area contributed by atoms with Crippen molar-refractivity contribution in [3.05, 3.63) is 29.9 Å². The molecule has 8 nitrogen and oxygen atoms in total. The maximum Gasteiger partial charge on any atom is 0.405 e. The SMILES string of the molecule is Cn1cnc(CC(NC(=O)O)c2nc(CC34CC5CC(CC(C5)C3)C4)no2)c1. The fourth-order valence-electron chi connectivity index (χ4n) is 6.45. The molecule has 1 unspecified atom stereocenters. The van der Waals surface area contributed by atoms with Gasteiger partial charge in [-0.3, -0.25) is 0 Å². The molecule has 0 radical (unpaired) electrons. The Morgan fingerprint density at radius 3 is 2.57 bits per heavy atom. The van der Waals surface area contributed by atoms with Gasteiger partial charge in [0.2, 0.25) is 5.89 Å². The van der Waals surface area contributed by atoms with Gasteiger partial charge in [0, 0.05) is 26.1 Å². The lowest BCUT2D eigenvalue weighted by Gasteiger charge is -2.56. The molecular weight excluding hydrogens is 358 g/mol. The van der Waals surface area contributed by atoms with Crippen molar-refractivity contribution in [3.63, 3.8) is 0 Å². The number of carbonyl (C=O) groups is 1. The zero-order valence-electron chi connectivity index (χ0n) is 16.2. The first kappa shape index (κ1) is 17.7. The average Bonchev–Trinajstić information content (AvgIpc) is 3.21. The number of carboxylic acid groups (broad SMARTS) is 1. The average molecular weight is 385 g/mol. The Bertz CT molecular complexity index is 838. The molecule has 4 fully saturated rings. The summed E-state index contributed by atoms with van der Waals surface area (Å²) >= 11 is 0. The third kappa shape index (κ3) is 3.40. The van der Waals surface area contributed by atoms with Crippen molar-refractivity contribution < 1.29 is 14.4 Å². The minimum absolute atomic E-state index is 0.326. The van der Waals surface area contributed by atoms with Crippen molar-refractivity contribution in [2.45, 2.75) is 57.4 Å². The van der Waals surface area contributed by atoms with E-state index in [1.165, 1.54) is 38.5 Å². The summed E-state index contributed by atoms with van der Waals surface area (Å²) in [6.07, 6.45) is 11.8. The molecule has 0 saturated heterocycles. The van der Waals surface area contributed by atoms with Crippen LogP contribution in [0.4, 0.5) is 4.79 Å². The zero-order valence-corrected chi connectivity index (χ0v) is 16.2. The second-order valence-corrected chi connectivity index (χ2v) is 9.38. The summed E-state index contributed by atoms with van der Waals surface area (Å²) in [5.41, 5.74) is 1.11. The molecule has 150 valence electrons. The summed E-state index contributed by atoms with van der Waals surface area (Å²) in [6.45, 7) is 0. The van der Waals surface area contributed by atoms with E-state index in [0.717, 1.165) is 35.7 Å². The van der Waals surface area contributed by atoms with Crippen LogP contribution in [-0.2, 0) is 19.9 Å². The lowest BCUT2D eigenvalue weighted by molar-refractivity contribution is -0.0533. The van der Waals surface area contributed by atoms with E-state index in [-0.39, 0.29) is 0 Å². The number of hydrogen-bond acceptors (Lipinski definition) is 5. The molecule has 1 atom stereocenters. The molecule has 1 amide bonds. The van der Waals surface area contributed by atoms with Crippen LogP contribution in [0.2, 0.25) is 0 Å². The fourth-order valence-corrected chi connectivity index (χ4v) is 6.45. The van der Waals surface area contributed by atoms with Crippen LogP contribution in [0.1, 0.15) is 62.0 Å². The molecule has 28 heavy (non-hydrogen) atoms. The summed E-state index contributed by atoms with van der Waals surface area (Å²) in [5.74, 6) is 3.68. The first-order valence-electron chi connectivity index (χ1n) is 10.3. The minimum Gasteiger partial charge on any atom is -0.465 e. The summed E-state index contributed by atoms with van der Waals surface area (Å²) in [7, 11) is 1.88. The van der Waals surface area contributed by atoms with E-state index < -0.39 is 12.1 Å². The standard InChI is InChI=1S/C20H27N5O3/c1-25-10-15(21-11-25)5-16(22-19(26)27)18-23-17(24-28-18)9-20-6-12-2-13(7-20)4-14(3-12)8-20/h10-14,16,22H,2-9H2,1H3,(H,26,27). The predicted molar refractivity (Wildman–Crippen MR) is 99.4 cm³/mol. The second kappa shape index (κ2) is 6.60. The summed E-state index contributed by atoms with van der Waals surface area (Å²) in [5, 5.41) is 15.9. The highest BCUT2D eigenvalue weighted by atomic mass is 16.5. The van der Waals surface area contributed by atoms with Gasteiger partial charge >= 0.3 is 6.09 Å². The Morgan fingerprint density at radius 1 is 1.32 bits per heavy atom. The fraction of sp³-hybridized carbons (Fsp3) is 0.700.